The van der Waals surface area contributed by atoms with Gasteiger partial charge in [-0.3, -0.25) is 4.79 Å². The molecule has 112 valence electrons. The van der Waals surface area contributed by atoms with Gasteiger partial charge in [0, 0.05) is 11.6 Å². The van der Waals surface area contributed by atoms with Crippen molar-refractivity contribution in [2.45, 2.75) is 76.8 Å². The van der Waals surface area contributed by atoms with Crippen molar-refractivity contribution in [3.05, 3.63) is 0 Å². The van der Waals surface area contributed by atoms with E-state index in [2.05, 4.69) is 24.5 Å². The number of nitrogens with one attached hydrogen (secondary N) is 2. The van der Waals surface area contributed by atoms with E-state index in [1.54, 1.807) is 0 Å². The van der Waals surface area contributed by atoms with Crippen molar-refractivity contribution >= 4 is 5.91 Å². The van der Waals surface area contributed by atoms with Gasteiger partial charge in [-0.1, -0.05) is 13.8 Å². The van der Waals surface area contributed by atoms with Crippen molar-refractivity contribution in [2.75, 3.05) is 6.54 Å². The van der Waals surface area contributed by atoms with Crippen LogP contribution in [0, 0.1) is 16.7 Å². The Labute approximate surface area is 122 Å². The molecule has 5 rings (SSSR count). The van der Waals surface area contributed by atoms with Crippen LogP contribution in [0.15, 0.2) is 0 Å². The highest BCUT2D eigenvalue weighted by atomic mass is 16.2. The van der Waals surface area contributed by atoms with Crippen molar-refractivity contribution in [3.8, 4) is 0 Å². The third kappa shape index (κ3) is 2.28. The second-order valence-corrected chi connectivity index (χ2v) is 9.11. The molecule has 2 N–H and O–H groups in total. The molecule has 5 aliphatic rings. The second kappa shape index (κ2) is 4.00. The molecule has 1 amide bonds. The van der Waals surface area contributed by atoms with Crippen molar-refractivity contribution in [1.29, 1.82) is 0 Å². The van der Waals surface area contributed by atoms with Crippen LogP contribution in [-0.2, 0) is 4.79 Å². The molecule has 0 aromatic rings. The predicted molar refractivity (Wildman–Crippen MR) is 79.3 cm³/mol. The summed E-state index contributed by atoms with van der Waals surface area (Å²) in [6.07, 6.45) is 10.3. The minimum absolute atomic E-state index is 0.116. The zero-order chi connectivity index (χ0) is 14.0. The van der Waals surface area contributed by atoms with Crippen LogP contribution in [0.3, 0.4) is 0 Å². The number of carbonyl (C=O) groups is 1. The van der Waals surface area contributed by atoms with Gasteiger partial charge in [0.1, 0.15) is 0 Å². The molecule has 5 fully saturated rings. The average Bonchev–Trinajstić information content (AvgIpc) is 3.03. The first-order valence-corrected chi connectivity index (χ1v) is 8.42. The first kappa shape index (κ1) is 13.1. The third-order valence-electron chi connectivity index (χ3n) is 6.16. The van der Waals surface area contributed by atoms with Crippen LogP contribution in [0.25, 0.3) is 0 Å². The van der Waals surface area contributed by atoms with Gasteiger partial charge < -0.3 is 10.6 Å². The fourth-order valence-corrected chi connectivity index (χ4v) is 6.45. The molecule has 20 heavy (non-hydrogen) atoms. The van der Waals surface area contributed by atoms with E-state index in [4.69, 9.17) is 0 Å². The summed E-state index contributed by atoms with van der Waals surface area (Å²) >= 11 is 0. The number of hydrogen-bond donors (Lipinski definition) is 2. The third-order valence-corrected chi connectivity index (χ3v) is 6.16. The summed E-state index contributed by atoms with van der Waals surface area (Å²) < 4.78 is 0. The van der Waals surface area contributed by atoms with Gasteiger partial charge in [-0.15, -0.1) is 0 Å². The molecule has 0 aromatic carbocycles. The van der Waals surface area contributed by atoms with Gasteiger partial charge in [-0.25, -0.2) is 0 Å². The second-order valence-electron chi connectivity index (χ2n) is 9.11. The van der Waals surface area contributed by atoms with Crippen molar-refractivity contribution in [2.24, 2.45) is 16.7 Å². The molecule has 0 spiro atoms. The Morgan fingerprint density at radius 2 is 1.70 bits per heavy atom. The molecule has 2 atom stereocenters. The summed E-state index contributed by atoms with van der Waals surface area (Å²) in [4.78, 5) is 12.3. The predicted octanol–water partition coefficient (Wildman–Crippen LogP) is 2.60. The van der Waals surface area contributed by atoms with Crippen LogP contribution in [0.1, 0.15) is 65.2 Å². The zero-order valence-electron chi connectivity index (χ0n) is 12.9. The summed E-state index contributed by atoms with van der Waals surface area (Å²) in [5.74, 6) is 1.07. The van der Waals surface area contributed by atoms with Gasteiger partial charge in [-0.05, 0) is 68.1 Å². The molecule has 0 aliphatic heterocycles. The van der Waals surface area contributed by atoms with Gasteiger partial charge in [0.25, 0.3) is 0 Å². The lowest BCUT2D eigenvalue weighted by atomic mass is 9.43. The van der Waals surface area contributed by atoms with E-state index in [0.717, 1.165) is 5.92 Å². The average molecular weight is 276 g/mol. The Balaban J connectivity index is 1.47. The van der Waals surface area contributed by atoms with Gasteiger partial charge in [0.15, 0.2) is 0 Å². The smallest absolute Gasteiger partial charge is 0.234 e. The van der Waals surface area contributed by atoms with Crippen LogP contribution < -0.4 is 10.6 Å². The largest absolute Gasteiger partial charge is 0.350 e. The molecule has 3 heteroatoms. The molecule has 0 radical (unpaired) electrons. The summed E-state index contributed by atoms with van der Waals surface area (Å²) in [6.45, 7) is 5.43. The monoisotopic (exact) mass is 276 g/mol. The Kier molecular flexibility index (Phi) is 2.62. The standard InChI is InChI=1S/C17H28N2O/c1-15-5-12-6-16(2,9-15)11-17(7-12,10-15)19-14(20)8-18-13-3-4-13/h12-13,18H,3-11H2,1-2H3,(H,19,20). The van der Waals surface area contributed by atoms with Crippen LogP contribution in [0.4, 0.5) is 0 Å². The Morgan fingerprint density at radius 3 is 2.25 bits per heavy atom. The van der Waals surface area contributed by atoms with Crippen molar-refractivity contribution in [3.63, 3.8) is 0 Å². The first-order chi connectivity index (χ1) is 9.38. The van der Waals surface area contributed by atoms with Gasteiger partial charge in [-0.2, -0.15) is 0 Å². The molecule has 5 saturated carbocycles. The van der Waals surface area contributed by atoms with Crippen molar-refractivity contribution < 1.29 is 4.79 Å². The molecule has 3 nitrogen and oxygen atoms in total. The normalized spacial score (nSPS) is 49.4. The minimum Gasteiger partial charge on any atom is -0.350 e. The fourth-order valence-electron chi connectivity index (χ4n) is 6.45. The van der Waals surface area contributed by atoms with Crippen LogP contribution in [-0.4, -0.2) is 24.0 Å². The van der Waals surface area contributed by atoms with Gasteiger partial charge >= 0.3 is 0 Å². The lowest BCUT2D eigenvalue weighted by Gasteiger charge is -2.65. The Bertz CT molecular complexity index is 424. The van der Waals surface area contributed by atoms with Crippen LogP contribution in [0.5, 0.6) is 0 Å². The van der Waals surface area contributed by atoms with Crippen LogP contribution >= 0.6 is 0 Å². The van der Waals surface area contributed by atoms with E-state index < -0.39 is 0 Å². The maximum Gasteiger partial charge on any atom is 0.234 e. The molecular weight excluding hydrogens is 248 g/mol. The summed E-state index contributed by atoms with van der Waals surface area (Å²) in [7, 11) is 0. The Morgan fingerprint density at radius 1 is 1.05 bits per heavy atom. The maximum absolute atomic E-state index is 12.3. The molecular formula is C17H28N2O. The number of amides is 1. The highest BCUT2D eigenvalue weighted by molar-refractivity contribution is 5.79. The molecule has 0 heterocycles. The summed E-state index contributed by atoms with van der Waals surface area (Å²) in [5, 5.41) is 6.80. The van der Waals surface area contributed by atoms with E-state index in [9.17, 15) is 4.79 Å². The van der Waals surface area contributed by atoms with Crippen molar-refractivity contribution in [1.82, 2.24) is 10.6 Å². The van der Waals surface area contributed by atoms with E-state index in [1.165, 1.54) is 51.4 Å². The highest BCUT2D eigenvalue weighted by Gasteiger charge is 2.60. The molecule has 4 bridgehead atoms. The minimum atomic E-state index is 0.116. The maximum atomic E-state index is 12.3. The topological polar surface area (TPSA) is 41.1 Å². The summed E-state index contributed by atoms with van der Waals surface area (Å²) in [6, 6.07) is 0.618. The molecule has 0 aromatic heterocycles. The van der Waals surface area contributed by atoms with Gasteiger partial charge in [0.05, 0.1) is 6.54 Å². The quantitative estimate of drug-likeness (QED) is 0.828. The van der Waals surface area contributed by atoms with E-state index in [-0.39, 0.29) is 11.4 Å². The molecule has 0 saturated heterocycles. The lowest BCUT2D eigenvalue weighted by molar-refractivity contribution is -0.139. The lowest BCUT2D eigenvalue weighted by Crippen LogP contribution is -2.65. The van der Waals surface area contributed by atoms with E-state index >= 15 is 0 Å². The number of rotatable bonds is 4. The highest BCUT2D eigenvalue weighted by Crippen LogP contribution is 2.66. The number of carbonyl (C=O) groups excluding carboxylic acids is 1. The zero-order valence-corrected chi connectivity index (χ0v) is 12.9. The number of hydrogen-bond acceptors (Lipinski definition) is 2. The van der Waals surface area contributed by atoms with E-state index in [1.807, 2.05) is 0 Å². The van der Waals surface area contributed by atoms with Crippen LogP contribution in [0.2, 0.25) is 0 Å². The molecule has 2 unspecified atom stereocenters. The molecule has 5 aliphatic carbocycles. The van der Waals surface area contributed by atoms with E-state index in [0.29, 0.717) is 23.4 Å². The summed E-state index contributed by atoms with van der Waals surface area (Å²) in [5.41, 5.74) is 1.07. The SMILES string of the molecule is CC12CC3CC(C)(C1)CC(NC(=O)CNC1CC1)(C3)C2. The fraction of sp³-hybridized carbons (Fsp3) is 0.941. The van der Waals surface area contributed by atoms with Gasteiger partial charge in [0.2, 0.25) is 5.91 Å². The first-order valence-electron chi connectivity index (χ1n) is 8.42. The Hall–Kier alpha value is -0.570.